The minimum absolute atomic E-state index is 0.572. The van der Waals surface area contributed by atoms with Crippen molar-refractivity contribution >= 4 is 62.0 Å². The van der Waals surface area contributed by atoms with Gasteiger partial charge in [0, 0.05) is 85.5 Å². The third-order valence-corrected chi connectivity index (χ3v) is 13.0. The van der Waals surface area contributed by atoms with Crippen molar-refractivity contribution in [1.29, 1.82) is 0 Å². The summed E-state index contributed by atoms with van der Waals surface area (Å²) < 4.78 is 9.12. The average Bonchev–Trinajstić information content (AvgIpc) is 3.74. The zero-order valence-corrected chi connectivity index (χ0v) is 32.8. The molecule has 11 rings (SSSR count). The normalized spacial score (nSPS) is 14.4. The Balaban J connectivity index is 1.14. The molecular weight excluding hydrogens is 709 g/mol. The van der Waals surface area contributed by atoms with E-state index in [0.717, 1.165) is 46.1 Å². The number of hydrogen-bond donors (Lipinski definition) is 0. The number of ether oxygens (including phenoxy) is 1. The smallest absolute Gasteiger partial charge is 0.137 e. The van der Waals surface area contributed by atoms with Gasteiger partial charge in [0.15, 0.2) is 0 Å². The fourth-order valence-corrected chi connectivity index (χ4v) is 10.5. The van der Waals surface area contributed by atoms with Gasteiger partial charge in [-0.3, -0.25) is 4.57 Å². The zero-order chi connectivity index (χ0) is 37.9. The van der Waals surface area contributed by atoms with Crippen LogP contribution in [0.25, 0.3) is 27.6 Å². The molecule has 3 aliphatic heterocycles. The molecule has 0 unspecified atom stereocenters. The number of aromatic nitrogens is 2. The Labute approximate surface area is 331 Å². The van der Waals surface area contributed by atoms with Gasteiger partial charge >= 0.3 is 0 Å². The van der Waals surface area contributed by atoms with Crippen molar-refractivity contribution < 1.29 is 4.74 Å². The lowest BCUT2D eigenvalue weighted by molar-refractivity contribution is 0.482. The summed E-state index contributed by atoms with van der Waals surface area (Å²) in [4.78, 5) is 16.6. The lowest BCUT2D eigenvalue weighted by Gasteiger charge is -2.48. The van der Waals surface area contributed by atoms with Gasteiger partial charge in [-0.1, -0.05) is 54.2 Å². The summed E-state index contributed by atoms with van der Waals surface area (Å²) in [6.45, 7) is 0.749. The molecule has 2 aromatic heterocycles. The molecule has 0 aliphatic carbocycles. The summed E-state index contributed by atoms with van der Waals surface area (Å²) in [6, 6.07) is 48.6. The van der Waals surface area contributed by atoms with Crippen LogP contribution in [-0.2, 0) is 5.41 Å². The second-order valence-electron chi connectivity index (χ2n) is 15.4. The largest absolute Gasteiger partial charge is 0.457 e. The van der Waals surface area contributed by atoms with Gasteiger partial charge in [-0.05, 0) is 101 Å². The maximum atomic E-state index is 6.89. The van der Waals surface area contributed by atoms with Gasteiger partial charge in [-0.15, -0.1) is 0 Å². The molecule has 0 fully saturated rings. The lowest BCUT2D eigenvalue weighted by atomic mass is 9.62. The maximum absolute atomic E-state index is 6.89. The summed E-state index contributed by atoms with van der Waals surface area (Å²) in [6.07, 6.45) is 1.85. The molecule has 56 heavy (non-hydrogen) atoms. The van der Waals surface area contributed by atoms with Gasteiger partial charge in [-0.2, -0.15) is 0 Å². The van der Waals surface area contributed by atoms with Crippen molar-refractivity contribution in [2.45, 2.75) is 15.2 Å². The highest BCUT2D eigenvalue weighted by Crippen LogP contribution is 2.65. The Morgan fingerprint density at radius 2 is 1.30 bits per heavy atom. The first-order valence-corrected chi connectivity index (χ1v) is 19.8. The molecule has 8 aromatic rings. The summed E-state index contributed by atoms with van der Waals surface area (Å²) in [5.41, 5.74) is 12.8. The summed E-state index contributed by atoms with van der Waals surface area (Å²) in [7, 11) is 10.7. The SMILES string of the molecule is CN(C)c1ccc2c(c1)C1(c3cc(N(C)C)ccc3S2)c2ccc(Oc3ccc4c5ccccc5n(-c5ccccn5)c4c3)cc2N2CN(C)c3cccc1c32. The molecule has 0 radical (unpaired) electrons. The second kappa shape index (κ2) is 12.1. The summed E-state index contributed by atoms with van der Waals surface area (Å²) in [5, 5.41) is 2.35. The molecule has 6 aromatic carbocycles. The van der Waals surface area contributed by atoms with Crippen LogP contribution in [0.3, 0.4) is 0 Å². The number of rotatable bonds is 5. The van der Waals surface area contributed by atoms with Gasteiger partial charge < -0.3 is 24.3 Å². The van der Waals surface area contributed by atoms with E-state index in [4.69, 9.17) is 9.72 Å². The fourth-order valence-electron chi connectivity index (χ4n) is 9.32. The van der Waals surface area contributed by atoms with E-state index < -0.39 is 5.41 Å². The van der Waals surface area contributed by atoms with Crippen molar-refractivity contribution in [2.75, 3.05) is 61.5 Å². The number of hydrogen-bond acceptors (Lipinski definition) is 7. The van der Waals surface area contributed by atoms with Gasteiger partial charge in [-0.25, -0.2) is 4.98 Å². The van der Waals surface area contributed by atoms with E-state index in [-0.39, 0.29) is 0 Å². The van der Waals surface area contributed by atoms with Crippen molar-refractivity contribution in [2.24, 2.45) is 0 Å². The van der Waals surface area contributed by atoms with Gasteiger partial charge in [0.1, 0.15) is 17.3 Å². The van der Waals surface area contributed by atoms with Gasteiger partial charge in [0.05, 0.1) is 40.2 Å². The lowest BCUT2D eigenvalue weighted by Crippen LogP contribution is -2.40. The van der Waals surface area contributed by atoms with E-state index in [9.17, 15) is 0 Å². The third kappa shape index (κ3) is 4.56. The predicted octanol–water partition coefficient (Wildman–Crippen LogP) is 10.8. The highest BCUT2D eigenvalue weighted by Gasteiger charge is 2.52. The van der Waals surface area contributed by atoms with Crippen molar-refractivity contribution in [3.8, 4) is 17.3 Å². The number of anilines is 5. The summed E-state index contributed by atoms with van der Waals surface area (Å²) >= 11 is 1.88. The maximum Gasteiger partial charge on any atom is 0.137 e. The first-order valence-electron chi connectivity index (χ1n) is 19.0. The monoisotopic (exact) mass is 748 g/mol. The Bertz CT molecular complexity index is 2840. The molecule has 274 valence electrons. The van der Waals surface area contributed by atoms with Crippen LogP contribution in [0.2, 0.25) is 0 Å². The standard InChI is InChI=1S/C48H40N6OS/c1-50(2)30-16-22-44-38(25-30)48(39-26-31(51(3)4)17-23-45(39)56-44)36-21-19-33(28-43(36)53-29-52(5)41-14-10-12-37(48)47(41)53)55-32-18-20-35-34-11-6-7-13-40(34)54(42(35)27-32)46-15-8-9-24-49-46/h6-28H,29H2,1-5H3. The first-order chi connectivity index (χ1) is 27.3. The topological polar surface area (TPSA) is 40.0 Å². The van der Waals surface area contributed by atoms with Crippen LogP contribution in [0.4, 0.5) is 28.4 Å². The molecule has 0 atom stereocenters. The Morgan fingerprint density at radius 1 is 0.607 bits per heavy atom. The number of benzene rings is 6. The number of pyridine rings is 1. The molecular formula is C48H40N6OS. The molecule has 0 N–H and O–H groups in total. The van der Waals surface area contributed by atoms with Gasteiger partial charge in [0.2, 0.25) is 0 Å². The molecule has 1 spiro atoms. The molecule has 0 saturated heterocycles. The molecule has 0 bridgehead atoms. The van der Waals surface area contributed by atoms with E-state index in [1.165, 1.54) is 60.2 Å². The average molecular weight is 749 g/mol. The number of nitrogens with zero attached hydrogens (tertiary/aromatic N) is 6. The van der Waals surface area contributed by atoms with E-state index >= 15 is 0 Å². The number of para-hydroxylation sites is 2. The van der Waals surface area contributed by atoms with Crippen LogP contribution < -0.4 is 24.3 Å². The Hall–Kier alpha value is -6.38. The number of fused-ring (bicyclic) bond motifs is 11. The van der Waals surface area contributed by atoms with Crippen molar-refractivity contribution in [1.82, 2.24) is 9.55 Å². The third-order valence-electron chi connectivity index (χ3n) is 11.9. The Morgan fingerprint density at radius 3 is 2.04 bits per heavy atom. The van der Waals surface area contributed by atoms with Crippen LogP contribution in [-0.4, -0.2) is 51.5 Å². The van der Waals surface area contributed by atoms with Crippen LogP contribution in [0.5, 0.6) is 11.5 Å². The van der Waals surface area contributed by atoms with Crippen LogP contribution in [0.1, 0.15) is 22.3 Å². The second-order valence-corrected chi connectivity index (χ2v) is 16.5. The fraction of sp³-hybridized carbons (Fsp3) is 0.146. The molecule has 5 heterocycles. The van der Waals surface area contributed by atoms with E-state index in [2.05, 4.69) is 181 Å². The Kier molecular flexibility index (Phi) is 7.11. The molecule has 0 amide bonds. The minimum atomic E-state index is -0.572. The molecule has 3 aliphatic rings. The van der Waals surface area contributed by atoms with E-state index in [0.29, 0.717) is 0 Å². The quantitative estimate of drug-likeness (QED) is 0.174. The summed E-state index contributed by atoms with van der Waals surface area (Å²) in [5.74, 6) is 2.45. The zero-order valence-electron chi connectivity index (χ0n) is 32.0. The van der Waals surface area contributed by atoms with Crippen molar-refractivity contribution in [3.63, 3.8) is 0 Å². The van der Waals surface area contributed by atoms with E-state index in [1.807, 2.05) is 30.1 Å². The van der Waals surface area contributed by atoms with Crippen LogP contribution in [0, 0.1) is 0 Å². The highest BCUT2D eigenvalue weighted by molar-refractivity contribution is 7.99. The minimum Gasteiger partial charge on any atom is -0.457 e. The van der Waals surface area contributed by atoms with Gasteiger partial charge in [0.25, 0.3) is 0 Å². The van der Waals surface area contributed by atoms with Crippen LogP contribution >= 0.6 is 11.8 Å². The van der Waals surface area contributed by atoms with Crippen LogP contribution in [0.15, 0.2) is 149 Å². The first kappa shape index (κ1) is 33.0. The predicted molar refractivity (Wildman–Crippen MR) is 232 cm³/mol. The van der Waals surface area contributed by atoms with Crippen molar-refractivity contribution in [3.05, 3.63) is 162 Å². The molecule has 0 saturated carbocycles. The highest BCUT2D eigenvalue weighted by atomic mass is 32.2. The molecule has 8 heteroatoms. The van der Waals surface area contributed by atoms with E-state index in [1.54, 1.807) is 0 Å². The molecule has 7 nitrogen and oxygen atoms in total.